The Labute approximate surface area is 193 Å². The SMILES string of the molecule is N#Cc1cc(-c2ccnc(Nc3ccc(N4CCNCC4)cc3)n2)cc(N2CCOCC2)c1. The molecule has 8 heteroatoms. The standard InChI is InChI=1S/C25H27N7O/c26-18-19-15-20(17-23(16-19)32-11-13-33-14-12-32)24-5-6-28-25(30-24)29-21-1-3-22(4-2-21)31-9-7-27-8-10-31/h1-6,15-17,27H,7-14H2,(H,28,29,30). The fraction of sp³-hybridized carbons (Fsp3) is 0.320. The maximum atomic E-state index is 9.55. The van der Waals surface area contributed by atoms with Crippen LogP contribution in [-0.4, -0.2) is 62.5 Å². The monoisotopic (exact) mass is 441 g/mol. The second kappa shape index (κ2) is 9.86. The average molecular weight is 442 g/mol. The van der Waals surface area contributed by atoms with Gasteiger partial charge in [-0.3, -0.25) is 0 Å². The zero-order valence-corrected chi connectivity index (χ0v) is 18.5. The van der Waals surface area contributed by atoms with Crippen molar-refractivity contribution in [1.82, 2.24) is 15.3 Å². The zero-order valence-electron chi connectivity index (χ0n) is 18.5. The van der Waals surface area contributed by atoms with Gasteiger partial charge in [0, 0.05) is 68.1 Å². The van der Waals surface area contributed by atoms with Crippen LogP contribution in [0.15, 0.2) is 54.7 Å². The highest BCUT2D eigenvalue weighted by Crippen LogP contribution is 2.27. The van der Waals surface area contributed by atoms with E-state index in [0.29, 0.717) is 24.7 Å². The summed E-state index contributed by atoms with van der Waals surface area (Å²) in [5.74, 6) is 0.526. The van der Waals surface area contributed by atoms with Crippen LogP contribution in [0.1, 0.15) is 5.56 Å². The molecule has 2 aliphatic rings. The number of morpholine rings is 1. The topological polar surface area (TPSA) is 89.3 Å². The van der Waals surface area contributed by atoms with Crippen molar-refractivity contribution < 1.29 is 4.74 Å². The van der Waals surface area contributed by atoms with Crippen molar-refractivity contribution in [3.8, 4) is 17.3 Å². The maximum absolute atomic E-state index is 9.55. The van der Waals surface area contributed by atoms with Gasteiger partial charge in [0.2, 0.25) is 5.95 Å². The molecule has 33 heavy (non-hydrogen) atoms. The number of hydrogen-bond donors (Lipinski definition) is 2. The first-order valence-corrected chi connectivity index (χ1v) is 11.3. The van der Waals surface area contributed by atoms with Gasteiger partial charge in [0.15, 0.2) is 0 Å². The summed E-state index contributed by atoms with van der Waals surface area (Å²) in [7, 11) is 0. The summed E-state index contributed by atoms with van der Waals surface area (Å²) in [5.41, 5.74) is 5.47. The molecule has 0 unspecified atom stereocenters. The molecule has 0 amide bonds. The van der Waals surface area contributed by atoms with Crippen LogP contribution in [0.25, 0.3) is 11.3 Å². The normalized spacial score (nSPS) is 16.3. The third-order valence-electron chi connectivity index (χ3n) is 5.98. The van der Waals surface area contributed by atoms with Gasteiger partial charge in [-0.05, 0) is 48.5 Å². The van der Waals surface area contributed by atoms with Gasteiger partial charge in [-0.1, -0.05) is 0 Å². The van der Waals surface area contributed by atoms with E-state index in [4.69, 9.17) is 9.72 Å². The van der Waals surface area contributed by atoms with Crippen LogP contribution in [0.3, 0.4) is 0 Å². The quantitative estimate of drug-likeness (QED) is 0.625. The number of nitriles is 1. The van der Waals surface area contributed by atoms with Crippen LogP contribution in [0, 0.1) is 11.3 Å². The Morgan fingerprint density at radius 2 is 1.67 bits per heavy atom. The predicted octanol–water partition coefficient (Wildman–Crippen LogP) is 3.01. The fourth-order valence-corrected chi connectivity index (χ4v) is 4.22. The van der Waals surface area contributed by atoms with Gasteiger partial charge in [-0.15, -0.1) is 0 Å². The Hall–Kier alpha value is -3.67. The molecule has 1 aromatic heterocycles. The van der Waals surface area contributed by atoms with Gasteiger partial charge in [-0.2, -0.15) is 5.26 Å². The van der Waals surface area contributed by atoms with Crippen LogP contribution in [-0.2, 0) is 4.74 Å². The summed E-state index contributed by atoms with van der Waals surface area (Å²) >= 11 is 0. The van der Waals surface area contributed by atoms with Crippen molar-refractivity contribution in [3.05, 3.63) is 60.3 Å². The van der Waals surface area contributed by atoms with E-state index in [1.54, 1.807) is 6.20 Å². The fourth-order valence-electron chi connectivity index (χ4n) is 4.22. The molecule has 2 N–H and O–H groups in total. The first-order valence-electron chi connectivity index (χ1n) is 11.3. The van der Waals surface area contributed by atoms with E-state index in [1.807, 2.05) is 18.2 Å². The van der Waals surface area contributed by atoms with Crippen molar-refractivity contribution in [1.29, 1.82) is 5.26 Å². The van der Waals surface area contributed by atoms with Crippen molar-refractivity contribution in [3.63, 3.8) is 0 Å². The third-order valence-corrected chi connectivity index (χ3v) is 5.98. The van der Waals surface area contributed by atoms with E-state index in [0.717, 1.165) is 61.9 Å². The van der Waals surface area contributed by atoms with Crippen LogP contribution >= 0.6 is 0 Å². The molecule has 0 aliphatic carbocycles. The van der Waals surface area contributed by atoms with E-state index in [1.165, 1.54) is 5.69 Å². The molecule has 0 bridgehead atoms. The number of aromatic nitrogens is 2. The van der Waals surface area contributed by atoms with Crippen LogP contribution in [0.5, 0.6) is 0 Å². The molecule has 5 rings (SSSR count). The maximum Gasteiger partial charge on any atom is 0.227 e. The first-order chi connectivity index (χ1) is 16.3. The van der Waals surface area contributed by atoms with Crippen molar-refractivity contribution in [2.45, 2.75) is 0 Å². The molecule has 2 aliphatic heterocycles. The summed E-state index contributed by atoms with van der Waals surface area (Å²) in [4.78, 5) is 13.7. The number of hydrogen-bond acceptors (Lipinski definition) is 8. The van der Waals surface area contributed by atoms with E-state index < -0.39 is 0 Å². The Balaban J connectivity index is 1.35. The smallest absolute Gasteiger partial charge is 0.227 e. The molecule has 3 aromatic rings. The van der Waals surface area contributed by atoms with E-state index >= 15 is 0 Å². The van der Waals surface area contributed by atoms with Gasteiger partial charge in [0.25, 0.3) is 0 Å². The Bertz CT molecular complexity index is 1130. The molecule has 2 fully saturated rings. The minimum absolute atomic E-state index is 0.526. The highest BCUT2D eigenvalue weighted by Gasteiger charge is 2.15. The Morgan fingerprint density at radius 3 is 2.42 bits per heavy atom. The number of anilines is 4. The van der Waals surface area contributed by atoms with Gasteiger partial charge in [0.1, 0.15) is 0 Å². The highest BCUT2D eigenvalue weighted by molar-refractivity contribution is 5.70. The minimum Gasteiger partial charge on any atom is -0.378 e. The molecule has 0 radical (unpaired) electrons. The van der Waals surface area contributed by atoms with Crippen molar-refractivity contribution in [2.75, 3.05) is 67.6 Å². The molecule has 3 heterocycles. The Morgan fingerprint density at radius 1 is 0.909 bits per heavy atom. The number of benzene rings is 2. The lowest BCUT2D eigenvalue weighted by Gasteiger charge is -2.29. The average Bonchev–Trinajstić information content (AvgIpc) is 2.90. The van der Waals surface area contributed by atoms with Crippen molar-refractivity contribution in [2.24, 2.45) is 0 Å². The van der Waals surface area contributed by atoms with Crippen molar-refractivity contribution >= 4 is 23.0 Å². The number of nitrogens with zero attached hydrogens (tertiary/aromatic N) is 5. The van der Waals surface area contributed by atoms with Crippen LogP contribution in [0.4, 0.5) is 23.0 Å². The van der Waals surface area contributed by atoms with Gasteiger partial charge in [-0.25, -0.2) is 9.97 Å². The third kappa shape index (κ3) is 5.06. The lowest BCUT2D eigenvalue weighted by Crippen LogP contribution is -2.43. The zero-order chi connectivity index (χ0) is 22.5. The number of nitrogens with one attached hydrogen (secondary N) is 2. The molecular weight excluding hydrogens is 414 g/mol. The Kier molecular flexibility index (Phi) is 6.33. The summed E-state index contributed by atoms with van der Waals surface area (Å²) in [5, 5.41) is 16.2. The van der Waals surface area contributed by atoms with E-state index in [2.05, 4.69) is 61.8 Å². The molecule has 0 spiro atoms. The molecular formula is C25H27N7O. The van der Waals surface area contributed by atoms with Crippen LogP contribution < -0.4 is 20.4 Å². The molecule has 8 nitrogen and oxygen atoms in total. The molecule has 0 atom stereocenters. The summed E-state index contributed by atoms with van der Waals surface area (Å²) in [6.45, 7) is 7.09. The van der Waals surface area contributed by atoms with E-state index in [-0.39, 0.29) is 0 Å². The summed E-state index contributed by atoms with van der Waals surface area (Å²) < 4.78 is 5.47. The summed E-state index contributed by atoms with van der Waals surface area (Å²) in [6, 6.07) is 18.4. The van der Waals surface area contributed by atoms with Gasteiger partial charge >= 0.3 is 0 Å². The second-order valence-electron chi connectivity index (χ2n) is 8.15. The molecule has 0 saturated carbocycles. The highest BCUT2D eigenvalue weighted by atomic mass is 16.5. The largest absolute Gasteiger partial charge is 0.378 e. The van der Waals surface area contributed by atoms with Gasteiger partial charge < -0.3 is 25.2 Å². The summed E-state index contributed by atoms with van der Waals surface area (Å²) in [6.07, 6.45) is 1.74. The van der Waals surface area contributed by atoms with E-state index in [9.17, 15) is 5.26 Å². The number of rotatable bonds is 5. The molecule has 2 saturated heterocycles. The van der Waals surface area contributed by atoms with Gasteiger partial charge in [0.05, 0.1) is 30.5 Å². The second-order valence-corrected chi connectivity index (χ2v) is 8.15. The molecule has 2 aromatic carbocycles. The van der Waals surface area contributed by atoms with Crippen LogP contribution in [0.2, 0.25) is 0 Å². The number of ether oxygens (including phenoxy) is 1. The predicted molar refractivity (Wildman–Crippen MR) is 130 cm³/mol. The number of piperazine rings is 1. The minimum atomic E-state index is 0.526. The lowest BCUT2D eigenvalue weighted by molar-refractivity contribution is 0.122. The first kappa shape index (κ1) is 21.2. The lowest BCUT2D eigenvalue weighted by atomic mass is 10.1. The molecule has 168 valence electrons.